The van der Waals surface area contributed by atoms with Crippen molar-refractivity contribution in [2.45, 2.75) is 27.7 Å². The van der Waals surface area contributed by atoms with Crippen LogP contribution in [0.1, 0.15) is 25.3 Å². The van der Waals surface area contributed by atoms with E-state index >= 15 is 0 Å². The standard InChI is InChI=1S/C19H21ClN2O5/c1-5-25-18(23)15(19(24)26-6-2)10-21-13-7-8-16(20)14(9-13)17-11(3)22-27-12(17)4/h7-10,21H,5-6H2,1-4H3. The quantitative estimate of drug-likeness (QED) is 0.329. The molecule has 7 nitrogen and oxygen atoms in total. The summed E-state index contributed by atoms with van der Waals surface area (Å²) in [6, 6.07) is 5.20. The normalized spacial score (nSPS) is 10.3. The van der Waals surface area contributed by atoms with Gasteiger partial charge in [-0.1, -0.05) is 16.8 Å². The van der Waals surface area contributed by atoms with Gasteiger partial charge >= 0.3 is 11.9 Å². The molecular formula is C19H21ClN2O5. The van der Waals surface area contributed by atoms with Gasteiger partial charge in [-0.2, -0.15) is 0 Å². The van der Waals surface area contributed by atoms with E-state index in [0.29, 0.717) is 22.2 Å². The van der Waals surface area contributed by atoms with Gasteiger partial charge in [0.15, 0.2) is 5.57 Å². The van der Waals surface area contributed by atoms with Crippen LogP contribution < -0.4 is 5.32 Å². The summed E-state index contributed by atoms with van der Waals surface area (Å²) < 4.78 is 15.0. The van der Waals surface area contributed by atoms with Crippen LogP contribution in [-0.2, 0) is 19.1 Å². The highest BCUT2D eigenvalue weighted by molar-refractivity contribution is 6.33. The Morgan fingerprint density at radius 3 is 2.33 bits per heavy atom. The smallest absolute Gasteiger partial charge is 0.347 e. The van der Waals surface area contributed by atoms with E-state index in [0.717, 1.165) is 11.1 Å². The molecule has 0 aliphatic rings. The van der Waals surface area contributed by atoms with Gasteiger partial charge in [-0.05, 0) is 45.9 Å². The molecule has 0 radical (unpaired) electrons. The van der Waals surface area contributed by atoms with Crippen LogP contribution in [0.15, 0.2) is 34.5 Å². The summed E-state index contributed by atoms with van der Waals surface area (Å²) in [6.45, 7) is 7.22. The number of aryl methyl sites for hydroxylation is 2. The number of anilines is 1. The van der Waals surface area contributed by atoms with E-state index < -0.39 is 11.9 Å². The SMILES string of the molecule is CCOC(=O)C(=CNc1ccc(Cl)c(-c2c(C)noc2C)c1)C(=O)OCC. The first-order chi connectivity index (χ1) is 12.9. The highest BCUT2D eigenvalue weighted by Crippen LogP contribution is 2.34. The Balaban J connectivity index is 2.35. The zero-order valence-electron chi connectivity index (χ0n) is 15.6. The average Bonchev–Trinajstić information content (AvgIpc) is 2.95. The van der Waals surface area contributed by atoms with Gasteiger partial charge in [0.1, 0.15) is 5.76 Å². The van der Waals surface area contributed by atoms with Crippen LogP contribution >= 0.6 is 11.6 Å². The Bertz CT molecular complexity index is 833. The van der Waals surface area contributed by atoms with E-state index in [1.54, 1.807) is 39.0 Å². The molecule has 0 fully saturated rings. The molecule has 0 amide bonds. The van der Waals surface area contributed by atoms with Crippen molar-refractivity contribution in [2.75, 3.05) is 18.5 Å². The molecule has 27 heavy (non-hydrogen) atoms. The highest BCUT2D eigenvalue weighted by atomic mass is 35.5. The van der Waals surface area contributed by atoms with Gasteiger partial charge in [-0.25, -0.2) is 9.59 Å². The molecule has 1 aromatic carbocycles. The topological polar surface area (TPSA) is 90.7 Å². The fraction of sp³-hybridized carbons (Fsp3) is 0.316. The minimum atomic E-state index is -0.761. The number of hydrogen-bond donors (Lipinski definition) is 1. The van der Waals surface area contributed by atoms with E-state index in [2.05, 4.69) is 10.5 Å². The molecule has 0 saturated heterocycles. The van der Waals surface area contributed by atoms with Crippen LogP contribution in [-0.4, -0.2) is 30.3 Å². The molecule has 0 atom stereocenters. The maximum absolute atomic E-state index is 12.0. The lowest BCUT2D eigenvalue weighted by atomic mass is 10.0. The molecule has 2 rings (SSSR count). The van der Waals surface area contributed by atoms with Crippen LogP contribution in [0.4, 0.5) is 5.69 Å². The number of carbonyl (C=O) groups is 2. The Hall–Kier alpha value is -2.80. The molecule has 0 unspecified atom stereocenters. The minimum absolute atomic E-state index is 0.146. The molecule has 0 aliphatic carbocycles. The molecule has 2 aromatic rings. The van der Waals surface area contributed by atoms with Crippen molar-refractivity contribution in [2.24, 2.45) is 0 Å². The molecule has 1 heterocycles. The summed E-state index contributed by atoms with van der Waals surface area (Å²) in [5, 5.41) is 7.38. The Morgan fingerprint density at radius 1 is 1.19 bits per heavy atom. The van der Waals surface area contributed by atoms with Crippen molar-refractivity contribution in [3.8, 4) is 11.1 Å². The number of carbonyl (C=O) groups excluding carboxylic acids is 2. The molecule has 0 saturated carbocycles. The van der Waals surface area contributed by atoms with Crippen LogP contribution in [0.3, 0.4) is 0 Å². The van der Waals surface area contributed by atoms with E-state index in [1.165, 1.54) is 6.20 Å². The molecule has 1 N–H and O–H groups in total. The average molecular weight is 393 g/mol. The van der Waals surface area contributed by atoms with Crippen LogP contribution in [0.25, 0.3) is 11.1 Å². The second kappa shape index (κ2) is 9.23. The second-order valence-corrected chi connectivity index (χ2v) is 5.94. The maximum Gasteiger partial charge on any atom is 0.347 e. The van der Waals surface area contributed by atoms with Crippen LogP contribution in [0.5, 0.6) is 0 Å². The van der Waals surface area contributed by atoms with Crippen molar-refractivity contribution >= 4 is 29.2 Å². The molecule has 0 bridgehead atoms. The largest absolute Gasteiger partial charge is 0.462 e. The van der Waals surface area contributed by atoms with E-state index in [1.807, 2.05) is 6.92 Å². The predicted molar refractivity (Wildman–Crippen MR) is 101 cm³/mol. The molecule has 0 spiro atoms. The predicted octanol–water partition coefficient (Wildman–Crippen LogP) is 4.03. The second-order valence-electron chi connectivity index (χ2n) is 5.54. The fourth-order valence-corrected chi connectivity index (χ4v) is 2.66. The van der Waals surface area contributed by atoms with E-state index in [-0.39, 0.29) is 18.8 Å². The number of nitrogens with zero attached hydrogens (tertiary/aromatic N) is 1. The Kier molecular flexibility index (Phi) is 7.01. The van der Waals surface area contributed by atoms with E-state index in [9.17, 15) is 9.59 Å². The molecular weight excluding hydrogens is 372 g/mol. The van der Waals surface area contributed by atoms with Gasteiger partial charge in [0, 0.05) is 28.0 Å². The van der Waals surface area contributed by atoms with Gasteiger partial charge in [-0.3, -0.25) is 0 Å². The summed E-state index contributed by atoms with van der Waals surface area (Å²) >= 11 is 6.32. The third-order valence-corrected chi connectivity index (χ3v) is 3.97. The molecule has 8 heteroatoms. The fourth-order valence-electron chi connectivity index (χ4n) is 2.45. The van der Waals surface area contributed by atoms with Crippen molar-refractivity contribution in [3.63, 3.8) is 0 Å². The van der Waals surface area contributed by atoms with Crippen molar-refractivity contribution < 1.29 is 23.6 Å². The minimum Gasteiger partial charge on any atom is -0.462 e. The number of nitrogens with one attached hydrogen (secondary N) is 1. The summed E-state index contributed by atoms with van der Waals surface area (Å²) in [5.41, 5.74) is 2.61. The number of aromatic nitrogens is 1. The Morgan fingerprint density at radius 2 is 1.81 bits per heavy atom. The molecule has 0 aliphatic heterocycles. The number of benzene rings is 1. The first-order valence-corrected chi connectivity index (χ1v) is 8.80. The number of halogens is 1. The zero-order chi connectivity index (χ0) is 20.0. The number of ether oxygens (including phenoxy) is 2. The lowest BCUT2D eigenvalue weighted by Crippen LogP contribution is -2.19. The molecule has 1 aromatic heterocycles. The van der Waals surface area contributed by atoms with Crippen molar-refractivity contribution in [1.29, 1.82) is 0 Å². The van der Waals surface area contributed by atoms with Gasteiger partial charge < -0.3 is 19.3 Å². The van der Waals surface area contributed by atoms with Crippen LogP contribution in [0.2, 0.25) is 5.02 Å². The lowest BCUT2D eigenvalue weighted by Gasteiger charge is -2.10. The van der Waals surface area contributed by atoms with Gasteiger partial charge in [0.25, 0.3) is 0 Å². The number of esters is 2. The highest BCUT2D eigenvalue weighted by Gasteiger charge is 2.21. The summed E-state index contributed by atoms with van der Waals surface area (Å²) in [5.74, 6) is -0.882. The maximum atomic E-state index is 12.0. The first-order valence-electron chi connectivity index (χ1n) is 8.42. The van der Waals surface area contributed by atoms with Gasteiger partial charge in [0.2, 0.25) is 0 Å². The number of rotatable bonds is 7. The van der Waals surface area contributed by atoms with Crippen molar-refractivity contribution in [3.05, 3.63) is 46.4 Å². The lowest BCUT2D eigenvalue weighted by molar-refractivity contribution is -0.146. The third kappa shape index (κ3) is 4.89. The summed E-state index contributed by atoms with van der Waals surface area (Å²) in [4.78, 5) is 24.0. The van der Waals surface area contributed by atoms with Gasteiger partial charge in [0.05, 0.1) is 18.9 Å². The van der Waals surface area contributed by atoms with Crippen molar-refractivity contribution in [1.82, 2.24) is 5.16 Å². The Labute approximate surface area is 162 Å². The summed E-state index contributed by atoms with van der Waals surface area (Å²) in [7, 11) is 0. The number of hydrogen-bond acceptors (Lipinski definition) is 7. The third-order valence-electron chi connectivity index (χ3n) is 3.64. The van der Waals surface area contributed by atoms with Gasteiger partial charge in [-0.15, -0.1) is 0 Å². The monoisotopic (exact) mass is 392 g/mol. The summed E-state index contributed by atoms with van der Waals surface area (Å²) in [6.07, 6.45) is 1.26. The first kappa shape index (κ1) is 20.5. The zero-order valence-corrected chi connectivity index (χ0v) is 16.3. The van der Waals surface area contributed by atoms with E-state index in [4.69, 9.17) is 25.6 Å². The molecule has 144 valence electrons. The van der Waals surface area contributed by atoms with Crippen LogP contribution in [0, 0.1) is 13.8 Å².